The first kappa shape index (κ1) is 20.8. The molecule has 31 heavy (non-hydrogen) atoms. The van der Waals surface area contributed by atoms with E-state index in [4.69, 9.17) is 9.72 Å². The van der Waals surface area contributed by atoms with Crippen molar-refractivity contribution < 1.29 is 9.53 Å². The van der Waals surface area contributed by atoms with Crippen LogP contribution in [-0.4, -0.2) is 58.3 Å². The molecule has 0 spiro atoms. The highest BCUT2D eigenvalue weighted by atomic mass is 16.5. The van der Waals surface area contributed by atoms with Crippen LogP contribution in [0.5, 0.6) is 5.75 Å². The highest BCUT2D eigenvalue weighted by molar-refractivity contribution is 5.77. The molecule has 4 rings (SSSR count). The van der Waals surface area contributed by atoms with Gasteiger partial charge in [0.2, 0.25) is 11.9 Å². The molecule has 1 saturated heterocycles. The summed E-state index contributed by atoms with van der Waals surface area (Å²) in [6.45, 7) is 0.946. The molecule has 1 aliphatic rings. The maximum atomic E-state index is 13.2. The average Bonchev–Trinajstić information content (AvgIpc) is 3.31. The molecule has 1 fully saturated rings. The summed E-state index contributed by atoms with van der Waals surface area (Å²) < 4.78 is 6.97. The van der Waals surface area contributed by atoms with E-state index in [9.17, 15) is 4.79 Å². The van der Waals surface area contributed by atoms with Gasteiger partial charge in [-0.3, -0.25) is 9.48 Å². The average molecular weight is 421 g/mol. The van der Waals surface area contributed by atoms with Crippen molar-refractivity contribution in [3.05, 3.63) is 54.6 Å². The molecule has 1 atom stereocenters. The van der Waals surface area contributed by atoms with E-state index in [1.807, 2.05) is 66.6 Å². The van der Waals surface area contributed by atoms with Gasteiger partial charge in [0.25, 0.3) is 0 Å². The Balaban J connectivity index is 1.73. The Bertz CT molecular complexity index is 1020. The number of anilines is 1. The third kappa shape index (κ3) is 4.52. The van der Waals surface area contributed by atoms with E-state index >= 15 is 0 Å². The summed E-state index contributed by atoms with van der Waals surface area (Å²) in [4.78, 5) is 26.5. The first-order valence-electron chi connectivity index (χ1n) is 10.5. The first-order chi connectivity index (χ1) is 15.1. The predicted octanol–water partition coefficient (Wildman–Crippen LogP) is 3.17. The number of likely N-dealkylation sites (tertiary alicyclic amines) is 1. The van der Waals surface area contributed by atoms with Crippen LogP contribution in [0.4, 0.5) is 5.95 Å². The molecule has 3 heterocycles. The molecule has 1 aromatic carbocycles. The molecular formula is C23H28N6O2. The third-order valence-corrected chi connectivity index (χ3v) is 5.60. The number of hydrogen-bond donors (Lipinski definition) is 0. The van der Waals surface area contributed by atoms with Gasteiger partial charge in [-0.25, -0.2) is 9.97 Å². The van der Waals surface area contributed by atoms with Gasteiger partial charge < -0.3 is 14.5 Å². The van der Waals surface area contributed by atoms with Crippen molar-refractivity contribution in [3.63, 3.8) is 0 Å². The lowest BCUT2D eigenvalue weighted by Gasteiger charge is -2.36. The van der Waals surface area contributed by atoms with Gasteiger partial charge in [-0.1, -0.05) is 12.1 Å². The van der Waals surface area contributed by atoms with Gasteiger partial charge in [-0.15, -0.1) is 0 Å². The van der Waals surface area contributed by atoms with Crippen molar-refractivity contribution >= 4 is 11.9 Å². The van der Waals surface area contributed by atoms with Crippen molar-refractivity contribution in [2.45, 2.75) is 31.8 Å². The number of nitrogens with zero attached hydrogens (tertiary/aromatic N) is 6. The zero-order chi connectivity index (χ0) is 21.8. The van der Waals surface area contributed by atoms with Gasteiger partial charge in [0.05, 0.1) is 18.8 Å². The quantitative estimate of drug-likeness (QED) is 0.610. The van der Waals surface area contributed by atoms with Gasteiger partial charge in [0.1, 0.15) is 12.3 Å². The van der Waals surface area contributed by atoms with E-state index < -0.39 is 0 Å². The summed E-state index contributed by atoms with van der Waals surface area (Å²) in [7, 11) is 5.50. The number of ether oxygens (including phenoxy) is 1. The number of carbonyl (C=O) groups is 1. The summed E-state index contributed by atoms with van der Waals surface area (Å²) in [6, 6.07) is 9.61. The standard InChI is InChI=1S/C23H28N6O2/c1-27(2)23-24-15-19(17-8-10-18(31-3)11-9-17)22(26-23)20-7-4-5-14-29(20)21(30)16-28-13-6-12-25-28/h6,8-13,15,20H,4-5,7,14,16H2,1-3H3/t20-/m1/s1. The molecule has 162 valence electrons. The fourth-order valence-corrected chi connectivity index (χ4v) is 3.99. The van der Waals surface area contributed by atoms with Gasteiger partial charge in [-0.2, -0.15) is 5.10 Å². The van der Waals surface area contributed by atoms with Crippen molar-refractivity contribution in [1.29, 1.82) is 0 Å². The van der Waals surface area contributed by atoms with Crippen LogP contribution in [0.2, 0.25) is 0 Å². The van der Waals surface area contributed by atoms with Crippen LogP contribution >= 0.6 is 0 Å². The minimum atomic E-state index is -0.101. The monoisotopic (exact) mass is 420 g/mol. The SMILES string of the molecule is COc1ccc(-c2cnc(N(C)C)nc2[C@H]2CCCCN2C(=O)Cn2cccn2)cc1. The number of rotatable bonds is 6. The summed E-state index contributed by atoms with van der Waals surface area (Å²) in [6.07, 6.45) is 8.29. The third-order valence-electron chi connectivity index (χ3n) is 5.60. The van der Waals surface area contributed by atoms with E-state index in [0.29, 0.717) is 12.5 Å². The van der Waals surface area contributed by atoms with Gasteiger partial charge in [-0.05, 0) is 43.0 Å². The van der Waals surface area contributed by atoms with Crippen LogP contribution in [0, 0.1) is 0 Å². The van der Waals surface area contributed by atoms with E-state index in [-0.39, 0.29) is 18.5 Å². The lowest BCUT2D eigenvalue weighted by atomic mass is 9.93. The van der Waals surface area contributed by atoms with Crippen LogP contribution in [0.25, 0.3) is 11.1 Å². The fraction of sp³-hybridized carbons (Fsp3) is 0.391. The molecule has 2 aromatic heterocycles. The molecule has 0 bridgehead atoms. The number of hydrogen-bond acceptors (Lipinski definition) is 6. The van der Waals surface area contributed by atoms with Gasteiger partial charge >= 0.3 is 0 Å². The smallest absolute Gasteiger partial charge is 0.244 e. The second-order valence-electron chi connectivity index (χ2n) is 7.89. The molecule has 0 radical (unpaired) electrons. The number of carbonyl (C=O) groups excluding carboxylic acids is 1. The minimum absolute atomic E-state index is 0.0547. The number of aromatic nitrogens is 4. The minimum Gasteiger partial charge on any atom is -0.497 e. The van der Waals surface area contributed by atoms with Crippen LogP contribution in [0.1, 0.15) is 31.0 Å². The Morgan fingerprint density at radius 3 is 2.71 bits per heavy atom. The summed E-state index contributed by atoms with van der Waals surface area (Å²) >= 11 is 0. The van der Waals surface area contributed by atoms with Crippen LogP contribution < -0.4 is 9.64 Å². The van der Waals surface area contributed by atoms with Crippen molar-refractivity contribution in [2.24, 2.45) is 0 Å². The normalized spacial score (nSPS) is 16.2. The lowest BCUT2D eigenvalue weighted by molar-refractivity contribution is -0.136. The highest BCUT2D eigenvalue weighted by Gasteiger charge is 2.31. The molecular weight excluding hydrogens is 392 g/mol. The first-order valence-corrected chi connectivity index (χ1v) is 10.5. The van der Waals surface area contributed by atoms with E-state index in [2.05, 4.69) is 10.1 Å². The molecule has 3 aromatic rings. The van der Waals surface area contributed by atoms with Crippen molar-refractivity contribution in [1.82, 2.24) is 24.6 Å². The summed E-state index contributed by atoms with van der Waals surface area (Å²) in [5.41, 5.74) is 2.83. The van der Waals surface area contributed by atoms with E-state index in [0.717, 1.165) is 41.8 Å². The topological polar surface area (TPSA) is 76.4 Å². The molecule has 1 aliphatic heterocycles. The Labute approximate surface area is 182 Å². The number of methoxy groups -OCH3 is 1. The molecule has 0 unspecified atom stereocenters. The number of amides is 1. The Morgan fingerprint density at radius 2 is 2.03 bits per heavy atom. The number of benzene rings is 1. The van der Waals surface area contributed by atoms with Crippen LogP contribution in [0.3, 0.4) is 0 Å². The lowest BCUT2D eigenvalue weighted by Crippen LogP contribution is -2.41. The van der Waals surface area contributed by atoms with Gasteiger partial charge in [0, 0.05) is 44.8 Å². The van der Waals surface area contributed by atoms with Crippen LogP contribution in [-0.2, 0) is 11.3 Å². The van der Waals surface area contributed by atoms with Crippen molar-refractivity contribution in [3.8, 4) is 16.9 Å². The Hall–Kier alpha value is -3.42. The molecule has 0 N–H and O–H groups in total. The zero-order valence-electron chi connectivity index (χ0n) is 18.2. The zero-order valence-corrected chi connectivity index (χ0v) is 18.2. The molecule has 0 saturated carbocycles. The number of piperidine rings is 1. The Morgan fingerprint density at radius 1 is 1.23 bits per heavy atom. The Kier molecular flexibility index (Phi) is 6.16. The summed E-state index contributed by atoms with van der Waals surface area (Å²) in [5.74, 6) is 1.49. The maximum absolute atomic E-state index is 13.2. The molecule has 8 nitrogen and oxygen atoms in total. The van der Waals surface area contributed by atoms with Gasteiger partial charge in [0.15, 0.2) is 0 Å². The van der Waals surface area contributed by atoms with E-state index in [1.54, 1.807) is 18.0 Å². The molecule has 8 heteroatoms. The van der Waals surface area contributed by atoms with E-state index in [1.165, 1.54) is 0 Å². The summed E-state index contributed by atoms with van der Waals surface area (Å²) in [5, 5.41) is 4.19. The highest BCUT2D eigenvalue weighted by Crippen LogP contribution is 2.37. The van der Waals surface area contributed by atoms with Crippen molar-refractivity contribution in [2.75, 3.05) is 32.6 Å². The second-order valence-corrected chi connectivity index (χ2v) is 7.89. The molecule has 1 amide bonds. The predicted molar refractivity (Wildman–Crippen MR) is 119 cm³/mol. The molecule has 0 aliphatic carbocycles. The maximum Gasteiger partial charge on any atom is 0.244 e. The largest absolute Gasteiger partial charge is 0.497 e. The second kappa shape index (κ2) is 9.16. The fourth-order valence-electron chi connectivity index (χ4n) is 3.99. The van der Waals surface area contributed by atoms with Crippen LogP contribution in [0.15, 0.2) is 48.9 Å².